The van der Waals surface area contributed by atoms with Crippen molar-refractivity contribution in [1.82, 2.24) is 0 Å². The zero-order valence-electron chi connectivity index (χ0n) is 10.1. The highest BCUT2D eigenvalue weighted by atomic mass is 16.4. The standard InChI is InChI=1S/C9H20O5.CH5N/c1-5(2)3-6(11)8(13)9(14)7(12)4-10;1-2/h5-14H,3-4H2,1-2H3;2H2,1H3. The van der Waals surface area contributed by atoms with Gasteiger partial charge in [-0.1, -0.05) is 13.8 Å². The maximum absolute atomic E-state index is 9.40. The van der Waals surface area contributed by atoms with E-state index >= 15 is 0 Å². The fourth-order valence-corrected chi connectivity index (χ4v) is 1.19. The van der Waals surface area contributed by atoms with E-state index in [0.29, 0.717) is 6.42 Å². The van der Waals surface area contributed by atoms with Crippen LogP contribution in [0.5, 0.6) is 0 Å². The molecule has 0 heterocycles. The minimum atomic E-state index is -1.52. The van der Waals surface area contributed by atoms with Crippen molar-refractivity contribution in [3.63, 3.8) is 0 Å². The quantitative estimate of drug-likeness (QED) is 0.319. The first-order chi connectivity index (χ1) is 7.40. The summed E-state index contributed by atoms with van der Waals surface area (Å²) in [6.45, 7) is 3.09. The average molecular weight is 239 g/mol. The molecular formula is C10H25NO5. The van der Waals surface area contributed by atoms with Crippen LogP contribution in [0.15, 0.2) is 0 Å². The van der Waals surface area contributed by atoms with Crippen molar-refractivity contribution in [3.05, 3.63) is 0 Å². The summed E-state index contributed by atoms with van der Waals surface area (Å²) < 4.78 is 0. The molecule has 0 aliphatic rings. The Morgan fingerprint density at radius 2 is 1.25 bits per heavy atom. The molecule has 6 heteroatoms. The van der Waals surface area contributed by atoms with Gasteiger partial charge in [-0.25, -0.2) is 0 Å². The lowest BCUT2D eigenvalue weighted by Crippen LogP contribution is -2.46. The molecule has 0 saturated heterocycles. The highest BCUT2D eigenvalue weighted by molar-refractivity contribution is 4.80. The molecule has 0 fully saturated rings. The van der Waals surface area contributed by atoms with Crippen molar-refractivity contribution in [1.29, 1.82) is 0 Å². The average Bonchev–Trinajstić information content (AvgIpc) is 2.27. The fourth-order valence-electron chi connectivity index (χ4n) is 1.19. The van der Waals surface area contributed by atoms with Crippen molar-refractivity contribution >= 4 is 0 Å². The highest BCUT2D eigenvalue weighted by Gasteiger charge is 2.29. The highest BCUT2D eigenvalue weighted by Crippen LogP contribution is 2.12. The fraction of sp³-hybridized carbons (Fsp3) is 1.00. The molecule has 0 aliphatic heterocycles. The molecule has 0 bridgehead atoms. The van der Waals surface area contributed by atoms with Crippen LogP contribution in [0, 0.1) is 5.92 Å². The van der Waals surface area contributed by atoms with Crippen LogP contribution >= 0.6 is 0 Å². The molecule has 0 aromatic carbocycles. The van der Waals surface area contributed by atoms with E-state index in [2.05, 4.69) is 5.73 Å². The second-order valence-electron chi connectivity index (χ2n) is 3.93. The van der Waals surface area contributed by atoms with Gasteiger partial charge in [0.1, 0.15) is 18.3 Å². The first-order valence-electron chi connectivity index (χ1n) is 5.31. The summed E-state index contributed by atoms with van der Waals surface area (Å²) in [6.07, 6.45) is -5.14. The smallest absolute Gasteiger partial charge is 0.110 e. The van der Waals surface area contributed by atoms with Crippen molar-refractivity contribution in [2.24, 2.45) is 11.7 Å². The van der Waals surface area contributed by atoms with E-state index < -0.39 is 31.0 Å². The summed E-state index contributed by atoms with van der Waals surface area (Å²) in [6, 6.07) is 0. The zero-order chi connectivity index (χ0) is 13.3. The summed E-state index contributed by atoms with van der Waals surface area (Å²) in [7, 11) is 1.50. The van der Waals surface area contributed by atoms with E-state index in [1.165, 1.54) is 7.05 Å². The minimum absolute atomic E-state index is 0.179. The van der Waals surface area contributed by atoms with Gasteiger partial charge in [-0.3, -0.25) is 0 Å². The van der Waals surface area contributed by atoms with Gasteiger partial charge in [0.15, 0.2) is 0 Å². The molecule has 16 heavy (non-hydrogen) atoms. The number of hydrogen-bond donors (Lipinski definition) is 6. The Bertz CT molecular complexity index is 156. The molecule has 0 aliphatic carbocycles. The lowest BCUT2D eigenvalue weighted by atomic mass is 9.96. The largest absolute Gasteiger partial charge is 0.394 e. The molecule has 4 unspecified atom stereocenters. The molecule has 4 atom stereocenters. The van der Waals surface area contributed by atoms with Gasteiger partial charge >= 0.3 is 0 Å². The van der Waals surface area contributed by atoms with E-state index in [4.69, 9.17) is 10.2 Å². The molecule has 0 spiro atoms. The SMILES string of the molecule is CC(C)CC(O)C(O)C(O)C(O)CO.CN. The number of hydrogen-bond acceptors (Lipinski definition) is 6. The molecule has 0 aromatic heterocycles. The Labute approximate surface area is 96.3 Å². The van der Waals surface area contributed by atoms with Crippen molar-refractivity contribution in [3.8, 4) is 0 Å². The van der Waals surface area contributed by atoms with Crippen molar-refractivity contribution < 1.29 is 25.5 Å². The van der Waals surface area contributed by atoms with E-state index in [9.17, 15) is 15.3 Å². The maximum atomic E-state index is 9.40. The second kappa shape index (κ2) is 9.95. The van der Waals surface area contributed by atoms with Crippen LogP contribution in [0.4, 0.5) is 0 Å². The second-order valence-corrected chi connectivity index (χ2v) is 3.93. The number of nitrogens with two attached hydrogens (primary N) is 1. The third kappa shape index (κ3) is 7.10. The van der Waals surface area contributed by atoms with Gasteiger partial charge in [-0.15, -0.1) is 0 Å². The minimum Gasteiger partial charge on any atom is -0.394 e. The van der Waals surface area contributed by atoms with E-state index in [-0.39, 0.29) is 5.92 Å². The van der Waals surface area contributed by atoms with Gasteiger partial charge in [-0.2, -0.15) is 0 Å². The van der Waals surface area contributed by atoms with Gasteiger partial charge in [0, 0.05) is 0 Å². The van der Waals surface area contributed by atoms with Gasteiger partial charge < -0.3 is 31.3 Å². The van der Waals surface area contributed by atoms with Crippen molar-refractivity contribution in [2.45, 2.75) is 44.7 Å². The zero-order valence-corrected chi connectivity index (χ0v) is 10.1. The van der Waals surface area contributed by atoms with E-state index in [1.54, 1.807) is 0 Å². The number of aliphatic hydroxyl groups excluding tert-OH is 5. The summed E-state index contributed by atoms with van der Waals surface area (Å²) >= 11 is 0. The Hall–Kier alpha value is -0.240. The summed E-state index contributed by atoms with van der Waals surface area (Å²) in [5.41, 5.74) is 4.50. The van der Waals surface area contributed by atoms with Gasteiger partial charge in [0.25, 0.3) is 0 Å². The van der Waals surface area contributed by atoms with Crippen LogP contribution in [-0.2, 0) is 0 Å². The van der Waals surface area contributed by atoms with Gasteiger partial charge in [0.2, 0.25) is 0 Å². The topological polar surface area (TPSA) is 127 Å². The Morgan fingerprint density at radius 1 is 0.875 bits per heavy atom. The monoisotopic (exact) mass is 239 g/mol. The molecule has 100 valence electrons. The van der Waals surface area contributed by atoms with Gasteiger partial charge in [0.05, 0.1) is 12.7 Å². The van der Waals surface area contributed by atoms with E-state index in [1.807, 2.05) is 13.8 Å². The molecule has 0 amide bonds. The molecular weight excluding hydrogens is 214 g/mol. The van der Waals surface area contributed by atoms with E-state index in [0.717, 1.165) is 0 Å². The Morgan fingerprint density at radius 3 is 1.56 bits per heavy atom. The Balaban J connectivity index is 0. The van der Waals surface area contributed by atoms with Crippen LogP contribution in [0.3, 0.4) is 0 Å². The van der Waals surface area contributed by atoms with Gasteiger partial charge in [-0.05, 0) is 19.4 Å². The molecule has 0 radical (unpaired) electrons. The molecule has 6 nitrogen and oxygen atoms in total. The Kier molecular flexibility index (Phi) is 11.3. The molecule has 0 saturated carbocycles. The normalized spacial score (nSPS) is 18.4. The third-order valence-corrected chi connectivity index (χ3v) is 2.04. The molecule has 7 N–H and O–H groups in total. The third-order valence-electron chi connectivity index (χ3n) is 2.04. The maximum Gasteiger partial charge on any atom is 0.110 e. The lowest BCUT2D eigenvalue weighted by molar-refractivity contribution is -0.118. The lowest BCUT2D eigenvalue weighted by Gasteiger charge is -2.26. The number of aliphatic hydroxyl groups is 5. The van der Waals surface area contributed by atoms with Crippen LogP contribution < -0.4 is 5.73 Å². The van der Waals surface area contributed by atoms with Crippen LogP contribution in [0.1, 0.15) is 20.3 Å². The first-order valence-corrected chi connectivity index (χ1v) is 5.31. The predicted octanol–water partition coefficient (Wildman–Crippen LogP) is -1.96. The molecule has 0 rings (SSSR count). The van der Waals surface area contributed by atoms with Crippen LogP contribution in [0.2, 0.25) is 0 Å². The van der Waals surface area contributed by atoms with Crippen molar-refractivity contribution in [2.75, 3.05) is 13.7 Å². The summed E-state index contributed by atoms with van der Waals surface area (Å²) in [4.78, 5) is 0. The summed E-state index contributed by atoms with van der Waals surface area (Å²) in [5, 5.41) is 45.5. The predicted molar refractivity (Wildman–Crippen MR) is 60.7 cm³/mol. The van der Waals surface area contributed by atoms with Crippen LogP contribution in [0.25, 0.3) is 0 Å². The van der Waals surface area contributed by atoms with Crippen LogP contribution in [-0.4, -0.2) is 63.6 Å². The first kappa shape index (κ1) is 18.1. The molecule has 0 aromatic rings. The number of rotatable bonds is 6. The summed E-state index contributed by atoms with van der Waals surface area (Å²) in [5.74, 6) is 0.179.